The first-order chi connectivity index (χ1) is 8.90. The molecule has 0 spiro atoms. The second-order valence-electron chi connectivity index (χ2n) is 4.09. The number of halogens is 4. The molecule has 0 bridgehead atoms. The molecule has 0 N–H and O–H groups in total. The molecular weight excluding hydrogens is 431 g/mol. The molecule has 0 aliphatic heterocycles. The fourth-order valence-electron chi connectivity index (χ4n) is 1.65. The number of aryl methyl sites for hydroxylation is 1. The maximum atomic E-state index is 13.9. The zero-order chi connectivity index (χ0) is 14.2. The molecule has 0 radical (unpaired) electrons. The fourth-order valence-corrected chi connectivity index (χ4v) is 2.51. The smallest absolute Gasteiger partial charge is 0.251 e. The van der Waals surface area contributed by atoms with Crippen molar-refractivity contribution in [3.8, 4) is 0 Å². The van der Waals surface area contributed by atoms with E-state index in [1.54, 1.807) is 6.20 Å². The summed E-state index contributed by atoms with van der Waals surface area (Å²) in [6.45, 7) is 1.68. The van der Waals surface area contributed by atoms with Crippen LogP contribution in [0.25, 0.3) is 0 Å². The van der Waals surface area contributed by atoms with Crippen molar-refractivity contribution < 1.29 is 8.78 Å². The number of pyridine rings is 1. The SMILES string of the molecule is Cc1cc(=O)n(Cc2c(F)ccc(Br)c2F)cc1I. The van der Waals surface area contributed by atoms with E-state index < -0.39 is 11.6 Å². The Labute approximate surface area is 130 Å². The Morgan fingerprint density at radius 1 is 1.37 bits per heavy atom. The van der Waals surface area contributed by atoms with Gasteiger partial charge < -0.3 is 4.57 Å². The molecule has 6 heteroatoms. The summed E-state index contributed by atoms with van der Waals surface area (Å²) in [7, 11) is 0. The highest BCUT2D eigenvalue weighted by molar-refractivity contribution is 14.1. The number of hydrogen-bond acceptors (Lipinski definition) is 1. The lowest BCUT2D eigenvalue weighted by atomic mass is 10.2. The van der Waals surface area contributed by atoms with Crippen LogP contribution in [0.1, 0.15) is 11.1 Å². The van der Waals surface area contributed by atoms with Gasteiger partial charge in [0.25, 0.3) is 5.56 Å². The molecule has 0 fully saturated rings. The third-order valence-electron chi connectivity index (χ3n) is 2.74. The van der Waals surface area contributed by atoms with Crippen LogP contribution in [0.4, 0.5) is 8.78 Å². The zero-order valence-electron chi connectivity index (χ0n) is 9.88. The number of hydrogen-bond donors (Lipinski definition) is 0. The summed E-state index contributed by atoms with van der Waals surface area (Å²) < 4.78 is 29.8. The highest BCUT2D eigenvalue weighted by atomic mass is 127. The highest BCUT2D eigenvalue weighted by Gasteiger charge is 2.13. The summed E-state index contributed by atoms with van der Waals surface area (Å²) in [4.78, 5) is 11.8. The predicted molar refractivity (Wildman–Crippen MR) is 81.3 cm³/mol. The summed E-state index contributed by atoms with van der Waals surface area (Å²) in [5.41, 5.74) is 0.435. The minimum Gasteiger partial charge on any atom is -0.310 e. The Kier molecular flexibility index (Phi) is 4.39. The summed E-state index contributed by atoms with van der Waals surface area (Å²) in [6, 6.07) is 3.93. The first kappa shape index (κ1) is 14.6. The molecule has 2 aromatic rings. The fraction of sp³-hybridized carbons (Fsp3) is 0.154. The average Bonchev–Trinajstić information content (AvgIpc) is 2.36. The summed E-state index contributed by atoms with van der Waals surface area (Å²) >= 11 is 5.08. The molecular formula is C13H9BrF2INO. The van der Waals surface area contributed by atoms with E-state index in [1.807, 2.05) is 6.92 Å². The lowest BCUT2D eigenvalue weighted by Crippen LogP contribution is -2.21. The lowest BCUT2D eigenvalue weighted by Gasteiger charge is -2.10. The van der Waals surface area contributed by atoms with Crippen LogP contribution in [-0.4, -0.2) is 4.57 Å². The van der Waals surface area contributed by atoms with E-state index in [0.717, 1.165) is 9.13 Å². The van der Waals surface area contributed by atoms with Crippen LogP contribution in [-0.2, 0) is 6.54 Å². The van der Waals surface area contributed by atoms with Gasteiger partial charge in [0.05, 0.1) is 11.0 Å². The Morgan fingerprint density at radius 2 is 2.05 bits per heavy atom. The molecule has 0 amide bonds. The minimum atomic E-state index is -0.678. The molecule has 0 atom stereocenters. The molecule has 2 rings (SSSR count). The normalized spacial score (nSPS) is 10.8. The summed E-state index contributed by atoms with van der Waals surface area (Å²) in [6.07, 6.45) is 1.60. The van der Waals surface area contributed by atoms with Gasteiger partial charge in [-0.25, -0.2) is 8.78 Å². The van der Waals surface area contributed by atoms with E-state index in [-0.39, 0.29) is 22.1 Å². The molecule has 0 saturated heterocycles. The molecule has 1 heterocycles. The molecule has 1 aromatic carbocycles. The second-order valence-corrected chi connectivity index (χ2v) is 6.11. The van der Waals surface area contributed by atoms with Crippen molar-refractivity contribution in [3.05, 3.63) is 65.6 Å². The van der Waals surface area contributed by atoms with Crippen LogP contribution in [0.3, 0.4) is 0 Å². The van der Waals surface area contributed by atoms with Gasteiger partial charge in [-0.3, -0.25) is 4.79 Å². The van der Waals surface area contributed by atoms with Crippen molar-refractivity contribution in [2.45, 2.75) is 13.5 Å². The molecule has 100 valence electrons. The van der Waals surface area contributed by atoms with Gasteiger partial charge in [-0.1, -0.05) is 0 Å². The van der Waals surface area contributed by atoms with Crippen molar-refractivity contribution in [1.29, 1.82) is 0 Å². The van der Waals surface area contributed by atoms with Gasteiger partial charge in [-0.2, -0.15) is 0 Å². The molecule has 0 unspecified atom stereocenters. The van der Waals surface area contributed by atoms with Gasteiger partial charge >= 0.3 is 0 Å². The molecule has 19 heavy (non-hydrogen) atoms. The van der Waals surface area contributed by atoms with Crippen LogP contribution >= 0.6 is 38.5 Å². The van der Waals surface area contributed by atoms with Gasteiger partial charge in [0.2, 0.25) is 0 Å². The van der Waals surface area contributed by atoms with Gasteiger partial charge in [0, 0.05) is 21.4 Å². The number of benzene rings is 1. The van der Waals surface area contributed by atoms with Crippen molar-refractivity contribution in [3.63, 3.8) is 0 Å². The Bertz CT molecular complexity index is 700. The van der Waals surface area contributed by atoms with E-state index in [1.165, 1.54) is 22.8 Å². The van der Waals surface area contributed by atoms with Gasteiger partial charge in [-0.05, 0) is 63.1 Å². The second kappa shape index (κ2) is 5.70. The van der Waals surface area contributed by atoms with Crippen LogP contribution in [0.15, 0.2) is 33.7 Å². The van der Waals surface area contributed by atoms with E-state index in [0.29, 0.717) is 0 Å². The lowest BCUT2D eigenvalue weighted by molar-refractivity contribution is 0.537. The van der Waals surface area contributed by atoms with E-state index in [2.05, 4.69) is 38.5 Å². The van der Waals surface area contributed by atoms with E-state index in [9.17, 15) is 13.6 Å². The zero-order valence-corrected chi connectivity index (χ0v) is 13.6. The number of aromatic nitrogens is 1. The van der Waals surface area contributed by atoms with Crippen molar-refractivity contribution in [2.75, 3.05) is 0 Å². The quantitative estimate of drug-likeness (QED) is 0.514. The maximum absolute atomic E-state index is 13.9. The molecule has 0 aliphatic rings. The monoisotopic (exact) mass is 439 g/mol. The van der Waals surface area contributed by atoms with E-state index >= 15 is 0 Å². The number of rotatable bonds is 2. The Hall–Kier alpha value is -0.760. The Morgan fingerprint density at radius 3 is 2.74 bits per heavy atom. The van der Waals surface area contributed by atoms with Crippen LogP contribution in [0.5, 0.6) is 0 Å². The van der Waals surface area contributed by atoms with Gasteiger partial charge in [-0.15, -0.1) is 0 Å². The van der Waals surface area contributed by atoms with Crippen LogP contribution < -0.4 is 5.56 Å². The third kappa shape index (κ3) is 3.05. The number of nitrogens with zero attached hydrogens (tertiary/aromatic N) is 1. The molecule has 0 aliphatic carbocycles. The largest absolute Gasteiger partial charge is 0.310 e. The predicted octanol–water partition coefficient (Wildman–Crippen LogP) is 3.85. The summed E-state index contributed by atoms with van der Waals surface area (Å²) in [5.74, 6) is -1.34. The average molecular weight is 440 g/mol. The van der Waals surface area contributed by atoms with Gasteiger partial charge in [0.15, 0.2) is 0 Å². The molecule has 2 nitrogen and oxygen atoms in total. The van der Waals surface area contributed by atoms with Crippen molar-refractivity contribution >= 4 is 38.5 Å². The van der Waals surface area contributed by atoms with Crippen molar-refractivity contribution in [2.24, 2.45) is 0 Å². The third-order valence-corrected chi connectivity index (χ3v) is 4.48. The minimum absolute atomic E-state index is 0.129. The molecule has 1 aromatic heterocycles. The highest BCUT2D eigenvalue weighted by Crippen LogP contribution is 2.22. The first-order valence-corrected chi connectivity index (χ1v) is 7.26. The Balaban J connectivity index is 2.51. The van der Waals surface area contributed by atoms with Crippen LogP contribution in [0, 0.1) is 22.1 Å². The van der Waals surface area contributed by atoms with Gasteiger partial charge in [0.1, 0.15) is 11.6 Å². The van der Waals surface area contributed by atoms with Crippen LogP contribution in [0.2, 0.25) is 0 Å². The van der Waals surface area contributed by atoms with Crippen molar-refractivity contribution in [1.82, 2.24) is 4.57 Å². The topological polar surface area (TPSA) is 22.0 Å². The molecule has 0 saturated carbocycles. The summed E-state index contributed by atoms with van der Waals surface area (Å²) in [5, 5.41) is 0. The standard InChI is InChI=1S/C13H9BrF2INO/c1-7-4-12(19)18(6-11(7)17)5-8-10(15)3-2-9(14)13(8)16/h2-4,6H,5H2,1H3. The van der Waals surface area contributed by atoms with E-state index in [4.69, 9.17) is 0 Å². The first-order valence-electron chi connectivity index (χ1n) is 5.39. The maximum Gasteiger partial charge on any atom is 0.251 e.